The largest absolute Gasteiger partial charge is 0.375 e. The first-order valence-corrected chi connectivity index (χ1v) is 7.21. The van der Waals surface area contributed by atoms with Gasteiger partial charge in [-0.15, -0.1) is 11.3 Å². The lowest BCUT2D eigenvalue weighted by atomic mass is 10.6. The van der Waals surface area contributed by atoms with Gasteiger partial charge in [-0.1, -0.05) is 6.07 Å². The molecule has 0 aliphatic rings. The normalized spacial score (nSPS) is 11.4. The van der Waals surface area contributed by atoms with E-state index in [1.165, 1.54) is 13.2 Å². The number of thiophene rings is 1. The summed E-state index contributed by atoms with van der Waals surface area (Å²) in [6.45, 7) is 0.347. The second kappa shape index (κ2) is 6.70. The van der Waals surface area contributed by atoms with Gasteiger partial charge in [0.2, 0.25) is 15.9 Å². The fraction of sp³-hybridized carbons (Fsp3) is 0.444. The number of ether oxygens (including phenoxy) is 1. The first-order chi connectivity index (χ1) is 8.06. The minimum Gasteiger partial charge on any atom is -0.375 e. The predicted octanol–water partition coefficient (Wildman–Crippen LogP) is -0.211. The summed E-state index contributed by atoms with van der Waals surface area (Å²) >= 11 is 1.14. The molecule has 0 aliphatic heterocycles. The number of sulfonamides is 1. The number of hydrogen-bond acceptors (Lipinski definition) is 5. The monoisotopic (exact) mass is 278 g/mol. The molecule has 0 aliphatic carbocycles. The Morgan fingerprint density at radius 3 is 2.82 bits per heavy atom. The Morgan fingerprint density at radius 2 is 2.24 bits per heavy atom. The minimum absolute atomic E-state index is 0.0301. The quantitative estimate of drug-likeness (QED) is 0.676. The van der Waals surface area contributed by atoms with Crippen LogP contribution in [0.5, 0.6) is 0 Å². The van der Waals surface area contributed by atoms with E-state index in [9.17, 15) is 13.2 Å². The summed E-state index contributed by atoms with van der Waals surface area (Å²) in [6.07, 6.45) is 0. The van der Waals surface area contributed by atoms with Gasteiger partial charge in [-0.05, 0) is 11.4 Å². The van der Waals surface area contributed by atoms with Crippen LogP contribution in [0.4, 0.5) is 0 Å². The SMILES string of the molecule is COCC(=O)NCCNS(=O)(=O)c1cccs1. The number of hydrogen-bond donors (Lipinski definition) is 2. The zero-order valence-electron chi connectivity index (χ0n) is 9.30. The summed E-state index contributed by atoms with van der Waals surface area (Å²) < 4.78 is 30.5. The van der Waals surface area contributed by atoms with Crippen molar-refractivity contribution in [2.75, 3.05) is 26.8 Å². The molecule has 0 unspecified atom stereocenters. The molecule has 2 N–H and O–H groups in total. The van der Waals surface area contributed by atoms with Crippen LogP contribution in [-0.4, -0.2) is 41.1 Å². The van der Waals surface area contributed by atoms with Crippen molar-refractivity contribution in [3.63, 3.8) is 0 Å². The van der Waals surface area contributed by atoms with Crippen molar-refractivity contribution in [3.05, 3.63) is 17.5 Å². The van der Waals surface area contributed by atoms with E-state index in [0.717, 1.165) is 11.3 Å². The molecule has 0 radical (unpaired) electrons. The van der Waals surface area contributed by atoms with Crippen molar-refractivity contribution in [3.8, 4) is 0 Å². The van der Waals surface area contributed by atoms with E-state index in [1.807, 2.05) is 0 Å². The Labute approximate surface area is 104 Å². The van der Waals surface area contributed by atoms with E-state index >= 15 is 0 Å². The Kier molecular flexibility index (Phi) is 5.56. The molecule has 0 spiro atoms. The molecule has 0 atom stereocenters. The van der Waals surface area contributed by atoms with Crippen molar-refractivity contribution < 1.29 is 17.9 Å². The van der Waals surface area contributed by atoms with Gasteiger partial charge in [0, 0.05) is 20.2 Å². The van der Waals surface area contributed by atoms with Gasteiger partial charge in [0.15, 0.2) is 0 Å². The lowest BCUT2D eigenvalue weighted by Crippen LogP contribution is -2.35. The van der Waals surface area contributed by atoms with Gasteiger partial charge < -0.3 is 10.1 Å². The summed E-state index contributed by atoms with van der Waals surface area (Å²) in [4.78, 5) is 11.0. The van der Waals surface area contributed by atoms with Crippen molar-refractivity contribution in [2.24, 2.45) is 0 Å². The second-order valence-electron chi connectivity index (χ2n) is 3.11. The smallest absolute Gasteiger partial charge is 0.250 e. The van der Waals surface area contributed by atoms with Crippen LogP contribution in [0.15, 0.2) is 21.7 Å². The lowest BCUT2D eigenvalue weighted by Gasteiger charge is -2.06. The Morgan fingerprint density at radius 1 is 1.47 bits per heavy atom. The van der Waals surface area contributed by atoms with E-state index < -0.39 is 10.0 Å². The molecule has 1 rings (SSSR count). The van der Waals surface area contributed by atoms with Gasteiger partial charge in [-0.3, -0.25) is 4.79 Å². The van der Waals surface area contributed by atoms with Crippen LogP contribution in [0.3, 0.4) is 0 Å². The third-order valence-corrected chi connectivity index (χ3v) is 4.63. The van der Waals surface area contributed by atoms with E-state index in [0.29, 0.717) is 0 Å². The highest BCUT2D eigenvalue weighted by Crippen LogP contribution is 2.14. The van der Waals surface area contributed by atoms with E-state index in [4.69, 9.17) is 0 Å². The van der Waals surface area contributed by atoms with Crippen LogP contribution >= 0.6 is 11.3 Å². The number of carbonyl (C=O) groups excluding carboxylic acids is 1. The fourth-order valence-corrected chi connectivity index (χ4v) is 3.13. The standard InChI is InChI=1S/C9H14N2O4S2/c1-15-7-8(12)10-4-5-11-17(13,14)9-3-2-6-16-9/h2-3,6,11H,4-5,7H2,1H3,(H,10,12). The highest BCUT2D eigenvalue weighted by Gasteiger charge is 2.13. The van der Waals surface area contributed by atoms with Gasteiger partial charge >= 0.3 is 0 Å². The highest BCUT2D eigenvalue weighted by molar-refractivity contribution is 7.91. The first-order valence-electron chi connectivity index (χ1n) is 4.85. The molecule has 0 fully saturated rings. The molecule has 1 heterocycles. The number of carbonyl (C=O) groups is 1. The fourth-order valence-electron chi connectivity index (χ4n) is 1.06. The van der Waals surface area contributed by atoms with Crippen LogP contribution in [0.25, 0.3) is 0 Å². The van der Waals surface area contributed by atoms with Gasteiger partial charge in [-0.2, -0.15) is 0 Å². The highest BCUT2D eigenvalue weighted by atomic mass is 32.2. The minimum atomic E-state index is -3.44. The number of rotatable bonds is 7. The molecular weight excluding hydrogens is 264 g/mol. The van der Waals surface area contributed by atoms with Crippen LogP contribution < -0.4 is 10.0 Å². The van der Waals surface area contributed by atoms with E-state index in [-0.39, 0.29) is 29.8 Å². The molecule has 1 aromatic rings. The summed E-state index contributed by atoms with van der Waals surface area (Å²) in [5.41, 5.74) is 0. The molecule has 96 valence electrons. The van der Waals surface area contributed by atoms with Gasteiger partial charge in [0.1, 0.15) is 10.8 Å². The molecule has 0 aromatic carbocycles. The average Bonchev–Trinajstić information content (AvgIpc) is 2.79. The molecule has 1 aromatic heterocycles. The summed E-state index contributed by atoms with van der Waals surface area (Å²) in [6, 6.07) is 3.19. The molecular formula is C9H14N2O4S2. The third kappa shape index (κ3) is 4.82. The maximum absolute atomic E-state index is 11.6. The van der Waals surface area contributed by atoms with Crippen molar-refractivity contribution >= 4 is 27.3 Å². The Balaban J connectivity index is 2.30. The maximum Gasteiger partial charge on any atom is 0.250 e. The van der Waals surface area contributed by atoms with Gasteiger partial charge in [0.05, 0.1) is 0 Å². The van der Waals surface area contributed by atoms with E-state index in [2.05, 4.69) is 14.8 Å². The van der Waals surface area contributed by atoms with Crippen molar-refractivity contribution in [1.82, 2.24) is 10.0 Å². The van der Waals surface area contributed by atoms with Crippen LogP contribution in [0.2, 0.25) is 0 Å². The average molecular weight is 278 g/mol. The molecule has 1 amide bonds. The number of methoxy groups -OCH3 is 1. The summed E-state index contributed by atoms with van der Waals surface area (Å²) in [5, 5.41) is 4.20. The molecule has 6 nitrogen and oxygen atoms in total. The Hall–Kier alpha value is -0.960. The molecule has 0 saturated heterocycles. The molecule has 8 heteroatoms. The zero-order valence-corrected chi connectivity index (χ0v) is 10.9. The van der Waals surface area contributed by atoms with Gasteiger partial charge in [0.25, 0.3) is 0 Å². The van der Waals surface area contributed by atoms with Crippen molar-refractivity contribution in [1.29, 1.82) is 0 Å². The van der Waals surface area contributed by atoms with Gasteiger partial charge in [-0.25, -0.2) is 13.1 Å². The third-order valence-electron chi connectivity index (χ3n) is 1.77. The summed E-state index contributed by atoms with van der Waals surface area (Å²) in [7, 11) is -2.03. The van der Waals surface area contributed by atoms with Crippen molar-refractivity contribution in [2.45, 2.75) is 4.21 Å². The second-order valence-corrected chi connectivity index (χ2v) is 6.05. The molecule has 0 bridgehead atoms. The van der Waals surface area contributed by atoms with Crippen LogP contribution in [0, 0.1) is 0 Å². The van der Waals surface area contributed by atoms with E-state index in [1.54, 1.807) is 11.4 Å². The number of nitrogens with one attached hydrogen (secondary N) is 2. The lowest BCUT2D eigenvalue weighted by molar-refractivity contribution is -0.124. The van der Waals surface area contributed by atoms with Crippen LogP contribution in [0.1, 0.15) is 0 Å². The zero-order chi connectivity index (χ0) is 12.7. The molecule has 17 heavy (non-hydrogen) atoms. The predicted molar refractivity (Wildman–Crippen MR) is 64.4 cm³/mol. The number of amides is 1. The first kappa shape index (κ1) is 14.1. The van der Waals surface area contributed by atoms with Crippen LogP contribution in [-0.2, 0) is 19.6 Å². The Bertz CT molecular complexity index is 442. The molecule has 0 saturated carbocycles. The maximum atomic E-state index is 11.6. The topological polar surface area (TPSA) is 84.5 Å². The summed E-state index contributed by atoms with van der Waals surface area (Å²) in [5.74, 6) is -0.275.